The summed E-state index contributed by atoms with van der Waals surface area (Å²) >= 11 is 0. The second-order valence-electron chi connectivity index (χ2n) is 5.90. The average Bonchev–Trinajstić information content (AvgIpc) is 2.64. The summed E-state index contributed by atoms with van der Waals surface area (Å²) in [5.74, 6) is 0.797. The Kier molecular flexibility index (Phi) is 6.09. The second kappa shape index (κ2) is 7.10. The normalized spacial score (nSPS) is 22.3. The molecule has 106 valence electrons. The maximum Gasteiger partial charge on any atom is 0.240 e. The number of amides is 1. The van der Waals surface area contributed by atoms with Gasteiger partial charge in [0, 0.05) is 19.1 Å². The second-order valence-corrected chi connectivity index (χ2v) is 5.90. The minimum atomic E-state index is 0.0494. The molecule has 4 nitrogen and oxygen atoms in total. The van der Waals surface area contributed by atoms with E-state index in [0.717, 1.165) is 32.5 Å². The summed E-state index contributed by atoms with van der Waals surface area (Å²) < 4.78 is 0. The minimum absolute atomic E-state index is 0.0494. The molecule has 1 rings (SSSR count). The molecule has 2 unspecified atom stereocenters. The van der Waals surface area contributed by atoms with Crippen molar-refractivity contribution in [1.29, 1.82) is 0 Å². The van der Waals surface area contributed by atoms with Crippen LogP contribution >= 0.6 is 0 Å². The van der Waals surface area contributed by atoms with Crippen molar-refractivity contribution in [3.05, 3.63) is 0 Å². The molecule has 1 aliphatic heterocycles. The van der Waals surface area contributed by atoms with Crippen LogP contribution in [0.2, 0.25) is 0 Å². The van der Waals surface area contributed by atoms with Crippen molar-refractivity contribution < 1.29 is 4.79 Å². The quantitative estimate of drug-likeness (QED) is 0.742. The van der Waals surface area contributed by atoms with Crippen molar-refractivity contribution in [2.24, 2.45) is 5.92 Å². The van der Waals surface area contributed by atoms with Crippen LogP contribution < -0.4 is 5.32 Å². The fourth-order valence-corrected chi connectivity index (χ4v) is 2.58. The lowest BCUT2D eigenvalue weighted by Crippen LogP contribution is -2.49. The summed E-state index contributed by atoms with van der Waals surface area (Å²) in [6.07, 6.45) is 2.03. The number of likely N-dealkylation sites (tertiary alicyclic amines) is 1. The molecule has 0 bridgehead atoms. The zero-order valence-corrected chi connectivity index (χ0v) is 12.6. The maximum atomic E-state index is 12.4. The lowest BCUT2D eigenvalue weighted by molar-refractivity contribution is -0.132. The highest BCUT2D eigenvalue weighted by Crippen LogP contribution is 2.20. The third kappa shape index (κ3) is 3.95. The molecule has 0 spiro atoms. The van der Waals surface area contributed by atoms with Gasteiger partial charge < -0.3 is 15.1 Å². The summed E-state index contributed by atoms with van der Waals surface area (Å²) in [6, 6.07) is 0.384. The predicted molar refractivity (Wildman–Crippen MR) is 75.6 cm³/mol. The Morgan fingerprint density at radius 3 is 2.61 bits per heavy atom. The molecule has 0 radical (unpaired) electrons. The van der Waals surface area contributed by atoms with Crippen LogP contribution in [0.25, 0.3) is 0 Å². The van der Waals surface area contributed by atoms with Gasteiger partial charge in [-0.3, -0.25) is 4.79 Å². The van der Waals surface area contributed by atoms with Gasteiger partial charge in [-0.1, -0.05) is 20.8 Å². The number of likely N-dealkylation sites (N-methyl/N-ethyl adjacent to an activating group) is 1. The van der Waals surface area contributed by atoms with Gasteiger partial charge in [-0.2, -0.15) is 0 Å². The first-order valence-electron chi connectivity index (χ1n) is 7.16. The summed E-state index contributed by atoms with van der Waals surface area (Å²) in [5, 5.41) is 3.35. The molecule has 1 heterocycles. The fourth-order valence-electron chi connectivity index (χ4n) is 2.58. The van der Waals surface area contributed by atoms with Crippen molar-refractivity contribution >= 4 is 5.91 Å². The van der Waals surface area contributed by atoms with E-state index in [1.807, 2.05) is 0 Å². The summed E-state index contributed by atoms with van der Waals surface area (Å²) in [5.41, 5.74) is 0. The van der Waals surface area contributed by atoms with E-state index in [2.05, 4.69) is 50.0 Å². The Bertz CT molecular complexity index is 266. The van der Waals surface area contributed by atoms with E-state index in [0.29, 0.717) is 17.9 Å². The Hall–Kier alpha value is -0.610. The van der Waals surface area contributed by atoms with Gasteiger partial charge in [0.1, 0.15) is 0 Å². The Morgan fingerprint density at radius 2 is 2.11 bits per heavy atom. The number of nitrogens with one attached hydrogen (secondary N) is 1. The van der Waals surface area contributed by atoms with Crippen molar-refractivity contribution in [3.8, 4) is 0 Å². The van der Waals surface area contributed by atoms with Crippen molar-refractivity contribution in [1.82, 2.24) is 15.1 Å². The maximum absolute atomic E-state index is 12.4. The highest BCUT2D eigenvalue weighted by atomic mass is 16.2. The predicted octanol–water partition coefficient (Wildman–Crippen LogP) is 1.17. The van der Waals surface area contributed by atoms with Gasteiger partial charge in [0.05, 0.1) is 6.04 Å². The zero-order chi connectivity index (χ0) is 13.7. The van der Waals surface area contributed by atoms with Crippen LogP contribution in [0.4, 0.5) is 0 Å². The van der Waals surface area contributed by atoms with E-state index in [1.165, 1.54) is 0 Å². The number of rotatable bonds is 7. The number of carbonyl (C=O) groups is 1. The van der Waals surface area contributed by atoms with Crippen molar-refractivity contribution in [3.63, 3.8) is 0 Å². The molecule has 0 aromatic carbocycles. The lowest BCUT2D eigenvalue weighted by Gasteiger charge is -2.33. The molecule has 2 atom stereocenters. The molecule has 1 saturated heterocycles. The van der Waals surface area contributed by atoms with Crippen LogP contribution in [-0.2, 0) is 4.79 Å². The topological polar surface area (TPSA) is 35.6 Å². The molecular weight excluding hydrogens is 226 g/mol. The first-order chi connectivity index (χ1) is 8.47. The van der Waals surface area contributed by atoms with Crippen LogP contribution in [0.1, 0.15) is 33.6 Å². The SMILES string of the molecule is CCCNC1CCN(C(CN(C)C)C(C)C)C1=O. The van der Waals surface area contributed by atoms with E-state index >= 15 is 0 Å². The van der Waals surface area contributed by atoms with Crippen LogP contribution in [0.5, 0.6) is 0 Å². The molecule has 0 aromatic rings. The molecule has 0 aliphatic carbocycles. The van der Waals surface area contributed by atoms with Gasteiger partial charge >= 0.3 is 0 Å². The van der Waals surface area contributed by atoms with E-state index in [1.54, 1.807) is 0 Å². The number of nitrogens with zero attached hydrogens (tertiary/aromatic N) is 2. The average molecular weight is 255 g/mol. The standard InChI is InChI=1S/C14H29N3O/c1-6-8-15-12-7-9-17(14(12)18)13(11(2)3)10-16(4)5/h11-13,15H,6-10H2,1-5H3. The summed E-state index contributed by atoms with van der Waals surface area (Å²) in [6.45, 7) is 9.32. The van der Waals surface area contributed by atoms with Gasteiger partial charge in [0.15, 0.2) is 0 Å². The first-order valence-corrected chi connectivity index (χ1v) is 7.16. The zero-order valence-electron chi connectivity index (χ0n) is 12.6. The third-order valence-electron chi connectivity index (χ3n) is 3.60. The first kappa shape index (κ1) is 15.4. The Labute approximate surface area is 112 Å². The monoisotopic (exact) mass is 255 g/mol. The molecular formula is C14H29N3O. The van der Waals surface area contributed by atoms with Crippen LogP contribution in [-0.4, -0.2) is 61.5 Å². The largest absolute Gasteiger partial charge is 0.337 e. The van der Waals surface area contributed by atoms with E-state index < -0.39 is 0 Å². The van der Waals surface area contributed by atoms with Gasteiger partial charge in [-0.05, 0) is 39.4 Å². The van der Waals surface area contributed by atoms with Gasteiger partial charge in [-0.25, -0.2) is 0 Å². The molecule has 18 heavy (non-hydrogen) atoms. The fraction of sp³-hybridized carbons (Fsp3) is 0.929. The molecule has 4 heteroatoms. The van der Waals surface area contributed by atoms with Crippen LogP contribution in [0.15, 0.2) is 0 Å². The lowest BCUT2D eigenvalue weighted by atomic mass is 10.0. The van der Waals surface area contributed by atoms with Crippen molar-refractivity contribution in [2.45, 2.75) is 45.7 Å². The van der Waals surface area contributed by atoms with E-state index in [9.17, 15) is 4.79 Å². The number of hydrogen-bond acceptors (Lipinski definition) is 3. The molecule has 1 fully saturated rings. The van der Waals surface area contributed by atoms with Gasteiger partial charge in [-0.15, -0.1) is 0 Å². The minimum Gasteiger partial charge on any atom is -0.337 e. The van der Waals surface area contributed by atoms with Crippen molar-refractivity contribution in [2.75, 3.05) is 33.7 Å². The third-order valence-corrected chi connectivity index (χ3v) is 3.60. The summed E-state index contributed by atoms with van der Waals surface area (Å²) in [4.78, 5) is 16.6. The smallest absolute Gasteiger partial charge is 0.240 e. The molecule has 1 aliphatic rings. The molecule has 0 aromatic heterocycles. The molecule has 0 saturated carbocycles. The van der Waals surface area contributed by atoms with E-state index in [4.69, 9.17) is 0 Å². The molecule has 1 N–H and O–H groups in total. The van der Waals surface area contributed by atoms with Gasteiger partial charge in [0.2, 0.25) is 5.91 Å². The highest BCUT2D eigenvalue weighted by molar-refractivity contribution is 5.84. The van der Waals surface area contributed by atoms with E-state index in [-0.39, 0.29) is 6.04 Å². The Morgan fingerprint density at radius 1 is 1.44 bits per heavy atom. The van der Waals surface area contributed by atoms with Crippen LogP contribution in [0, 0.1) is 5.92 Å². The highest BCUT2D eigenvalue weighted by Gasteiger charge is 2.36. The Balaban J connectivity index is 2.62. The number of hydrogen-bond donors (Lipinski definition) is 1. The summed E-state index contributed by atoms with van der Waals surface area (Å²) in [7, 11) is 4.14. The van der Waals surface area contributed by atoms with Gasteiger partial charge in [0.25, 0.3) is 0 Å². The van der Waals surface area contributed by atoms with Crippen LogP contribution in [0.3, 0.4) is 0 Å². The molecule has 1 amide bonds. The number of carbonyl (C=O) groups excluding carboxylic acids is 1.